The maximum absolute atomic E-state index is 13.6. The van der Waals surface area contributed by atoms with E-state index in [1.54, 1.807) is 0 Å². The third kappa shape index (κ3) is 3.34. The summed E-state index contributed by atoms with van der Waals surface area (Å²) < 4.78 is 27.7. The Labute approximate surface area is 115 Å². The van der Waals surface area contributed by atoms with Gasteiger partial charge in [0.05, 0.1) is 4.92 Å². The molecule has 1 rings (SSSR count). The summed E-state index contributed by atoms with van der Waals surface area (Å²) in [4.78, 5) is 21.0. The van der Waals surface area contributed by atoms with E-state index in [0.29, 0.717) is 18.6 Å². The van der Waals surface area contributed by atoms with Gasteiger partial charge >= 0.3 is 5.69 Å². The van der Waals surface area contributed by atoms with Crippen molar-refractivity contribution in [2.75, 3.05) is 11.0 Å². The van der Waals surface area contributed by atoms with Crippen molar-refractivity contribution in [2.24, 2.45) is 0 Å². The van der Waals surface area contributed by atoms with Crippen LogP contribution in [0.2, 0.25) is 0 Å². The Morgan fingerprint density at radius 3 is 2.67 bits per heavy atom. The van der Waals surface area contributed by atoms with Gasteiger partial charge in [-0.25, -0.2) is 4.39 Å². The van der Waals surface area contributed by atoms with Crippen molar-refractivity contribution in [1.29, 1.82) is 0 Å². The molecule has 0 fully saturated rings. The molecule has 1 aromatic carbocycles. The molecular formula is C10H9F2IN2O3. The number of amides is 1. The largest absolute Gasteiger partial charge is 0.352 e. The van der Waals surface area contributed by atoms with Gasteiger partial charge in [0.1, 0.15) is 11.4 Å². The Bertz CT molecular complexity index is 482. The topological polar surface area (TPSA) is 72.2 Å². The number of hydrogen-bond donors (Lipinski definition) is 1. The van der Waals surface area contributed by atoms with Crippen LogP contribution in [-0.2, 0) is 0 Å². The highest BCUT2D eigenvalue weighted by Crippen LogP contribution is 2.22. The molecule has 0 saturated carbocycles. The number of carbonyl (C=O) groups excluding carboxylic acids is 1. The summed E-state index contributed by atoms with van der Waals surface area (Å²) in [7, 11) is 0. The summed E-state index contributed by atoms with van der Waals surface area (Å²) in [5.41, 5.74) is -1.84. The second kappa shape index (κ2) is 6.57. The average Bonchev–Trinajstić information content (AvgIpc) is 2.28. The lowest BCUT2D eigenvalue weighted by Gasteiger charge is -2.06. The van der Waals surface area contributed by atoms with E-state index in [2.05, 4.69) is 27.9 Å². The van der Waals surface area contributed by atoms with E-state index in [1.807, 2.05) is 0 Å². The third-order valence-corrected chi connectivity index (χ3v) is 2.85. The molecule has 0 aromatic heterocycles. The summed E-state index contributed by atoms with van der Waals surface area (Å²) >= 11 is 2.09. The van der Waals surface area contributed by atoms with Crippen molar-refractivity contribution in [3.8, 4) is 0 Å². The predicted molar refractivity (Wildman–Crippen MR) is 68.8 cm³/mol. The number of rotatable bonds is 5. The number of carbonyl (C=O) groups is 1. The summed E-state index contributed by atoms with van der Waals surface area (Å²) in [5, 5.41) is 12.8. The molecule has 0 bridgehead atoms. The first-order valence-electron chi connectivity index (χ1n) is 4.95. The highest BCUT2D eigenvalue weighted by Gasteiger charge is 2.25. The molecular weight excluding hydrogens is 361 g/mol. The van der Waals surface area contributed by atoms with Crippen LogP contribution in [-0.4, -0.2) is 21.8 Å². The van der Waals surface area contributed by atoms with Gasteiger partial charge in [-0.2, -0.15) is 4.39 Å². The number of halogens is 3. The van der Waals surface area contributed by atoms with E-state index < -0.39 is 33.7 Å². The van der Waals surface area contributed by atoms with Crippen LogP contribution >= 0.6 is 22.6 Å². The lowest BCUT2D eigenvalue weighted by molar-refractivity contribution is -0.387. The fourth-order valence-corrected chi connectivity index (χ4v) is 1.63. The highest BCUT2D eigenvalue weighted by molar-refractivity contribution is 14.1. The van der Waals surface area contributed by atoms with E-state index in [0.717, 1.165) is 4.43 Å². The first kappa shape index (κ1) is 14.7. The van der Waals surface area contributed by atoms with Crippen LogP contribution in [0.1, 0.15) is 16.8 Å². The van der Waals surface area contributed by atoms with Crippen LogP contribution in [0.4, 0.5) is 14.5 Å². The molecule has 8 heteroatoms. The molecule has 1 N–H and O–H groups in total. The van der Waals surface area contributed by atoms with E-state index in [1.165, 1.54) is 0 Å². The van der Waals surface area contributed by atoms with Crippen molar-refractivity contribution in [3.63, 3.8) is 0 Å². The fourth-order valence-electron chi connectivity index (χ4n) is 1.25. The van der Waals surface area contributed by atoms with Crippen molar-refractivity contribution in [3.05, 3.63) is 39.4 Å². The van der Waals surface area contributed by atoms with Crippen LogP contribution in [0.3, 0.4) is 0 Å². The number of hydrogen-bond acceptors (Lipinski definition) is 3. The SMILES string of the molecule is O=C(NCCCI)c1c(F)ccc([N+](=O)[O-])c1F. The van der Waals surface area contributed by atoms with Gasteiger partial charge in [0.15, 0.2) is 0 Å². The molecule has 98 valence electrons. The zero-order valence-corrected chi connectivity index (χ0v) is 11.2. The van der Waals surface area contributed by atoms with Gasteiger partial charge in [-0.15, -0.1) is 0 Å². The highest BCUT2D eigenvalue weighted by atomic mass is 127. The van der Waals surface area contributed by atoms with Crippen LogP contribution in [0, 0.1) is 21.7 Å². The van der Waals surface area contributed by atoms with E-state index in [4.69, 9.17) is 0 Å². The van der Waals surface area contributed by atoms with E-state index >= 15 is 0 Å². The molecule has 5 nitrogen and oxygen atoms in total. The van der Waals surface area contributed by atoms with Crippen molar-refractivity contribution < 1.29 is 18.5 Å². The zero-order chi connectivity index (χ0) is 13.7. The molecule has 1 aromatic rings. The summed E-state index contributed by atoms with van der Waals surface area (Å²) in [5.74, 6) is -3.56. The molecule has 0 spiro atoms. The Morgan fingerprint density at radius 2 is 2.11 bits per heavy atom. The first-order valence-corrected chi connectivity index (χ1v) is 6.48. The van der Waals surface area contributed by atoms with E-state index in [9.17, 15) is 23.7 Å². The minimum absolute atomic E-state index is 0.253. The minimum atomic E-state index is -1.45. The molecule has 0 heterocycles. The molecule has 0 saturated heterocycles. The number of nitrogens with zero attached hydrogens (tertiary/aromatic N) is 1. The van der Waals surface area contributed by atoms with Gasteiger partial charge in [0.25, 0.3) is 5.91 Å². The van der Waals surface area contributed by atoms with Crippen LogP contribution in [0.15, 0.2) is 12.1 Å². The standard InChI is InChI=1S/C10H9F2IN2O3/c11-6-2-3-7(15(17)18)9(12)8(6)10(16)14-5-1-4-13/h2-3H,1,4-5H2,(H,14,16). The molecule has 18 heavy (non-hydrogen) atoms. The predicted octanol–water partition coefficient (Wildman–Crippen LogP) is 2.43. The molecule has 0 atom stereocenters. The van der Waals surface area contributed by atoms with E-state index in [-0.39, 0.29) is 6.54 Å². The Hall–Kier alpha value is -1.32. The van der Waals surface area contributed by atoms with Crippen molar-refractivity contribution in [1.82, 2.24) is 5.32 Å². The monoisotopic (exact) mass is 370 g/mol. The van der Waals surface area contributed by atoms with Crippen LogP contribution < -0.4 is 5.32 Å². The minimum Gasteiger partial charge on any atom is -0.352 e. The molecule has 0 unspecified atom stereocenters. The molecule has 0 aliphatic rings. The Balaban J connectivity index is 3.03. The van der Waals surface area contributed by atoms with Gasteiger partial charge in [0.2, 0.25) is 5.82 Å². The summed E-state index contributed by atoms with van der Waals surface area (Å²) in [6.07, 6.45) is 0.643. The maximum atomic E-state index is 13.6. The molecule has 0 aliphatic carbocycles. The average molecular weight is 370 g/mol. The number of nitrogens with one attached hydrogen (secondary N) is 1. The summed E-state index contributed by atoms with van der Waals surface area (Å²) in [6.45, 7) is 0.253. The lowest BCUT2D eigenvalue weighted by atomic mass is 10.1. The molecule has 1 amide bonds. The van der Waals surface area contributed by atoms with Gasteiger partial charge in [0, 0.05) is 17.0 Å². The smallest absolute Gasteiger partial charge is 0.305 e. The number of nitro benzene ring substituents is 1. The van der Waals surface area contributed by atoms with Gasteiger partial charge in [-0.3, -0.25) is 14.9 Å². The maximum Gasteiger partial charge on any atom is 0.305 e. The Kier molecular flexibility index (Phi) is 5.38. The fraction of sp³-hybridized carbons (Fsp3) is 0.300. The Morgan fingerprint density at radius 1 is 1.44 bits per heavy atom. The molecule has 0 aliphatic heterocycles. The number of benzene rings is 1. The van der Waals surface area contributed by atoms with Gasteiger partial charge < -0.3 is 5.32 Å². The first-order chi connectivity index (χ1) is 8.49. The van der Waals surface area contributed by atoms with Crippen LogP contribution in [0.25, 0.3) is 0 Å². The van der Waals surface area contributed by atoms with Gasteiger partial charge in [-0.05, 0) is 12.5 Å². The van der Waals surface area contributed by atoms with Crippen molar-refractivity contribution >= 4 is 34.2 Å². The molecule has 0 radical (unpaired) electrons. The van der Waals surface area contributed by atoms with Crippen molar-refractivity contribution in [2.45, 2.75) is 6.42 Å². The lowest BCUT2D eigenvalue weighted by Crippen LogP contribution is -2.27. The zero-order valence-electron chi connectivity index (χ0n) is 9.08. The normalized spacial score (nSPS) is 10.2. The number of nitro groups is 1. The third-order valence-electron chi connectivity index (χ3n) is 2.09. The summed E-state index contributed by atoms with van der Waals surface area (Å²) in [6, 6.07) is 1.39. The van der Waals surface area contributed by atoms with Gasteiger partial charge in [-0.1, -0.05) is 22.6 Å². The quantitative estimate of drug-likeness (QED) is 0.285. The number of alkyl halides is 1. The second-order valence-corrected chi connectivity index (χ2v) is 4.39. The van der Waals surface area contributed by atoms with Crippen LogP contribution in [0.5, 0.6) is 0 Å². The second-order valence-electron chi connectivity index (χ2n) is 3.31.